The fraction of sp³-hybridized carbons (Fsp3) is 0.227. The van der Waals surface area contributed by atoms with Crippen LogP contribution in [-0.4, -0.2) is 33.9 Å². The van der Waals surface area contributed by atoms with Crippen molar-refractivity contribution in [2.45, 2.75) is 18.9 Å². The third-order valence-electron chi connectivity index (χ3n) is 4.69. The van der Waals surface area contributed by atoms with E-state index in [2.05, 4.69) is 30.8 Å². The van der Waals surface area contributed by atoms with Crippen LogP contribution in [-0.2, 0) is 17.6 Å². The molecule has 0 radical (unpaired) electrons. The van der Waals surface area contributed by atoms with Gasteiger partial charge >= 0.3 is 0 Å². The number of amides is 1. The molecule has 2 N–H and O–H groups in total. The number of hydrogen-bond acceptors (Lipinski definition) is 4. The van der Waals surface area contributed by atoms with Crippen LogP contribution in [0.25, 0.3) is 0 Å². The first-order chi connectivity index (χ1) is 13.6. The number of primary amides is 1. The lowest BCUT2D eigenvalue weighted by Gasteiger charge is -2.30. The molecule has 0 bridgehead atoms. The van der Waals surface area contributed by atoms with Gasteiger partial charge in [0.1, 0.15) is 6.04 Å². The van der Waals surface area contributed by atoms with Gasteiger partial charge in [-0.05, 0) is 65.9 Å². The van der Waals surface area contributed by atoms with Crippen molar-refractivity contribution in [1.29, 1.82) is 0 Å². The number of hydrogen-bond donors (Lipinski definition) is 1. The second kappa shape index (κ2) is 10.1. The molecule has 0 saturated heterocycles. The number of aromatic nitrogens is 2. The number of halogens is 1. The van der Waals surface area contributed by atoms with E-state index in [4.69, 9.17) is 5.73 Å². The molecular formula is C22H23BrN4O. The smallest absolute Gasteiger partial charge is 0.239 e. The minimum Gasteiger partial charge on any atom is -0.368 e. The van der Waals surface area contributed by atoms with Gasteiger partial charge < -0.3 is 5.73 Å². The van der Waals surface area contributed by atoms with E-state index < -0.39 is 6.04 Å². The first-order valence-electron chi connectivity index (χ1n) is 9.20. The molecule has 0 aliphatic rings. The molecule has 0 saturated carbocycles. The topological polar surface area (TPSA) is 72.1 Å². The summed E-state index contributed by atoms with van der Waals surface area (Å²) in [6.45, 7) is 1.44. The molecule has 1 atom stereocenters. The number of benzene rings is 1. The largest absolute Gasteiger partial charge is 0.368 e. The SMILES string of the molecule is NC(=O)C(c1ccc(Br)cc1)N(CCc1ccncc1)CCc1ccncc1. The van der Waals surface area contributed by atoms with E-state index in [1.165, 1.54) is 11.1 Å². The average molecular weight is 439 g/mol. The highest BCUT2D eigenvalue weighted by atomic mass is 79.9. The highest BCUT2D eigenvalue weighted by Gasteiger charge is 2.25. The molecular weight excluding hydrogens is 416 g/mol. The number of carbonyl (C=O) groups is 1. The van der Waals surface area contributed by atoms with Gasteiger partial charge in [0.15, 0.2) is 0 Å². The summed E-state index contributed by atoms with van der Waals surface area (Å²) in [6.07, 6.45) is 8.79. The summed E-state index contributed by atoms with van der Waals surface area (Å²) in [4.78, 5) is 22.7. The van der Waals surface area contributed by atoms with Gasteiger partial charge in [-0.2, -0.15) is 0 Å². The van der Waals surface area contributed by atoms with Gasteiger partial charge in [0, 0.05) is 42.3 Å². The van der Waals surface area contributed by atoms with Crippen LogP contribution >= 0.6 is 15.9 Å². The Morgan fingerprint density at radius 2 is 1.32 bits per heavy atom. The Labute approximate surface area is 173 Å². The maximum absolute atomic E-state index is 12.4. The number of nitrogens with two attached hydrogens (primary N) is 1. The second-order valence-electron chi connectivity index (χ2n) is 6.60. The van der Waals surface area contributed by atoms with Crippen molar-refractivity contribution in [3.8, 4) is 0 Å². The minimum atomic E-state index is -0.475. The van der Waals surface area contributed by atoms with Crippen molar-refractivity contribution < 1.29 is 4.79 Å². The second-order valence-corrected chi connectivity index (χ2v) is 7.52. The van der Waals surface area contributed by atoms with Crippen LogP contribution in [0.1, 0.15) is 22.7 Å². The van der Waals surface area contributed by atoms with E-state index >= 15 is 0 Å². The minimum absolute atomic E-state index is 0.341. The number of carbonyl (C=O) groups excluding carboxylic acids is 1. The third-order valence-corrected chi connectivity index (χ3v) is 5.22. The molecule has 3 aromatic rings. The van der Waals surface area contributed by atoms with Crippen molar-refractivity contribution >= 4 is 21.8 Å². The predicted molar refractivity (Wildman–Crippen MR) is 114 cm³/mol. The Morgan fingerprint density at radius 3 is 1.75 bits per heavy atom. The summed E-state index contributed by atoms with van der Waals surface area (Å²) in [5, 5.41) is 0. The van der Waals surface area contributed by atoms with Crippen LogP contribution in [0.4, 0.5) is 0 Å². The summed E-state index contributed by atoms with van der Waals surface area (Å²) in [7, 11) is 0. The molecule has 5 nitrogen and oxygen atoms in total. The Morgan fingerprint density at radius 1 is 0.857 bits per heavy atom. The molecule has 6 heteroatoms. The Bertz CT molecular complexity index is 829. The van der Waals surface area contributed by atoms with Crippen LogP contribution < -0.4 is 5.73 Å². The molecule has 3 rings (SSSR count). The number of pyridine rings is 2. The van der Waals surface area contributed by atoms with E-state index in [0.717, 1.165) is 36.0 Å². The first kappa shape index (κ1) is 20.2. The zero-order chi connectivity index (χ0) is 19.8. The van der Waals surface area contributed by atoms with Crippen molar-refractivity contribution in [3.63, 3.8) is 0 Å². The van der Waals surface area contributed by atoms with Crippen LogP contribution in [0, 0.1) is 0 Å². The summed E-state index contributed by atoms with van der Waals surface area (Å²) >= 11 is 3.45. The lowest BCUT2D eigenvalue weighted by atomic mass is 10.0. The first-order valence-corrected chi connectivity index (χ1v) is 9.99. The molecule has 1 unspecified atom stereocenters. The van der Waals surface area contributed by atoms with Crippen molar-refractivity contribution in [1.82, 2.24) is 14.9 Å². The van der Waals surface area contributed by atoms with E-state index in [1.807, 2.05) is 48.5 Å². The van der Waals surface area contributed by atoms with Gasteiger partial charge in [-0.15, -0.1) is 0 Å². The van der Waals surface area contributed by atoms with Crippen molar-refractivity contribution in [2.75, 3.05) is 13.1 Å². The monoisotopic (exact) mass is 438 g/mol. The van der Waals surface area contributed by atoms with Gasteiger partial charge in [0.25, 0.3) is 0 Å². The highest BCUT2D eigenvalue weighted by Crippen LogP contribution is 2.23. The lowest BCUT2D eigenvalue weighted by molar-refractivity contribution is -0.123. The summed E-state index contributed by atoms with van der Waals surface area (Å²) in [5.41, 5.74) is 9.10. The standard InChI is InChI=1S/C22H23BrN4O/c23-20-3-1-19(2-4-20)21(22(24)28)27(15-9-17-5-11-25-12-6-17)16-10-18-7-13-26-14-8-18/h1-8,11-14,21H,9-10,15-16H2,(H2,24,28). The molecule has 0 aliphatic carbocycles. The summed E-state index contributed by atoms with van der Waals surface area (Å²) in [6, 6.07) is 15.3. The van der Waals surface area contributed by atoms with Crippen LogP contribution in [0.15, 0.2) is 77.8 Å². The number of rotatable bonds is 9. The van der Waals surface area contributed by atoms with Gasteiger partial charge in [-0.1, -0.05) is 28.1 Å². The normalized spacial score (nSPS) is 12.1. The van der Waals surface area contributed by atoms with E-state index in [9.17, 15) is 4.79 Å². The zero-order valence-electron chi connectivity index (χ0n) is 15.5. The van der Waals surface area contributed by atoms with E-state index in [0.29, 0.717) is 0 Å². The average Bonchev–Trinajstić information content (AvgIpc) is 2.72. The molecule has 0 fully saturated rings. The van der Waals surface area contributed by atoms with Gasteiger partial charge in [-0.3, -0.25) is 19.7 Å². The van der Waals surface area contributed by atoms with Crippen LogP contribution in [0.5, 0.6) is 0 Å². The van der Waals surface area contributed by atoms with Crippen molar-refractivity contribution in [3.05, 3.63) is 94.5 Å². The third kappa shape index (κ3) is 5.71. The van der Waals surface area contributed by atoms with Crippen LogP contribution in [0.3, 0.4) is 0 Å². The zero-order valence-corrected chi connectivity index (χ0v) is 17.1. The fourth-order valence-corrected chi connectivity index (χ4v) is 3.48. The molecule has 0 spiro atoms. The molecule has 1 aromatic carbocycles. The highest BCUT2D eigenvalue weighted by molar-refractivity contribution is 9.10. The molecule has 28 heavy (non-hydrogen) atoms. The summed E-state index contributed by atoms with van der Waals surface area (Å²) in [5.74, 6) is -0.341. The van der Waals surface area contributed by atoms with Crippen LogP contribution in [0.2, 0.25) is 0 Å². The Hall–Kier alpha value is -2.57. The Balaban J connectivity index is 1.81. The lowest BCUT2D eigenvalue weighted by Crippen LogP contribution is -2.40. The molecule has 144 valence electrons. The molecule has 0 aliphatic heterocycles. The van der Waals surface area contributed by atoms with Crippen molar-refractivity contribution in [2.24, 2.45) is 5.73 Å². The Kier molecular flexibility index (Phi) is 7.28. The van der Waals surface area contributed by atoms with Gasteiger partial charge in [-0.25, -0.2) is 0 Å². The molecule has 1 amide bonds. The molecule has 2 aromatic heterocycles. The van der Waals surface area contributed by atoms with E-state index in [-0.39, 0.29) is 5.91 Å². The predicted octanol–water partition coefficient (Wildman–Crippen LogP) is 3.55. The van der Waals surface area contributed by atoms with Gasteiger partial charge in [0.2, 0.25) is 5.91 Å². The number of nitrogens with zero attached hydrogens (tertiary/aromatic N) is 3. The van der Waals surface area contributed by atoms with Gasteiger partial charge in [0.05, 0.1) is 0 Å². The quantitative estimate of drug-likeness (QED) is 0.554. The molecule has 2 heterocycles. The van der Waals surface area contributed by atoms with E-state index in [1.54, 1.807) is 24.8 Å². The maximum Gasteiger partial charge on any atom is 0.239 e. The summed E-state index contributed by atoms with van der Waals surface area (Å²) < 4.78 is 0.972. The maximum atomic E-state index is 12.4. The fourth-order valence-electron chi connectivity index (χ4n) is 3.21.